The molecule has 0 spiro atoms. The summed E-state index contributed by atoms with van der Waals surface area (Å²) in [4.78, 5) is 24.9. The Morgan fingerprint density at radius 3 is 2.29 bits per heavy atom. The number of carboxylic acids is 1. The molecule has 1 aromatic carbocycles. The van der Waals surface area contributed by atoms with Crippen molar-refractivity contribution in [1.82, 2.24) is 4.98 Å². The molecule has 0 aliphatic carbocycles. The molecule has 0 aliphatic heterocycles. The molecule has 0 aliphatic rings. The number of thiophene rings is 1. The van der Waals surface area contributed by atoms with Crippen LogP contribution in [0, 0.1) is 0 Å². The van der Waals surface area contributed by atoms with Crippen LogP contribution in [0.25, 0.3) is 11.1 Å². The van der Waals surface area contributed by atoms with Crippen LogP contribution in [0.1, 0.15) is 20.8 Å². The van der Waals surface area contributed by atoms with E-state index in [1.54, 1.807) is 41.2 Å². The molecule has 0 saturated heterocycles. The first-order chi connectivity index (χ1) is 11.5. The number of hydrogen-bond acceptors (Lipinski definition) is 4. The second kappa shape index (κ2) is 8.24. The summed E-state index contributed by atoms with van der Waals surface area (Å²) in [6.45, 7) is 0. The largest absolute Gasteiger partial charge is 0.478 e. The minimum Gasteiger partial charge on any atom is -0.478 e. The summed E-state index contributed by atoms with van der Waals surface area (Å²) >= 11 is 7.18. The van der Waals surface area contributed by atoms with Crippen LogP contribution in [0.4, 0.5) is 0 Å². The van der Waals surface area contributed by atoms with E-state index in [4.69, 9.17) is 22.4 Å². The predicted molar refractivity (Wildman–Crippen MR) is 94.5 cm³/mol. The van der Waals surface area contributed by atoms with Gasteiger partial charge in [0.05, 0.1) is 5.56 Å². The van der Waals surface area contributed by atoms with Crippen LogP contribution in [0.3, 0.4) is 0 Å². The van der Waals surface area contributed by atoms with Crippen molar-refractivity contribution in [2.24, 2.45) is 5.73 Å². The number of aromatic carboxylic acids is 1. The summed E-state index contributed by atoms with van der Waals surface area (Å²) in [6, 6.07) is 12.4. The van der Waals surface area contributed by atoms with Gasteiger partial charge in [0.2, 0.25) is 0 Å². The maximum Gasteiger partial charge on any atom is 0.336 e. The summed E-state index contributed by atoms with van der Waals surface area (Å²) in [7, 11) is 0. The van der Waals surface area contributed by atoms with E-state index in [1.807, 2.05) is 18.2 Å². The number of aromatic nitrogens is 1. The first-order valence-corrected chi connectivity index (χ1v) is 8.06. The minimum atomic E-state index is -0.855. The van der Waals surface area contributed by atoms with Crippen molar-refractivity contribution in [2.75, 3.05) is 0 Å². The highest BCUT2D eigenvalue weighted by Gasteiger charge is 2.04. The number of pyridine rings is 1. The number of nitrogens with zero attached hydrogens (tertiary/aromatic N) is 1. The molecule has 5 nitrogen and oxygen atoms in total. The Bertz CT molecular complexity index is 833. The lowest BCUT2D eigenvalue weighted by atomic mass is 10.1. The number of amides is 1. The zero-order valence-corrected chi connectivity index (χ0v) is 13.9. The predicted octanol–water partition coefficient (Wildman–Crippen LogP) is 3.95. The summed E-state index contributed by atoms with van der Waals surface area (Å²) < 4.78 is 0. The summed E-state index contributed by atoms with van der Waals surface area (Å²) in [6.07, 6.45) is 1.56. The standard InChI is InChI=1S/C12H9ClN2O.C5H4O2S/c13-10-3-1-8(2-4-10)9-5-6-15-11(7-9)12(14)16;6-5(7)4-1-2-8-3-4/h1-7H,(H2,14,16);1-3H,(H,6,7). The van der Waals surface area contributed by atoms with Crippen LogP contribution in [0.2, 0.25) is 5.02 Å². The van der Waals surface area contributed by atoms with Crippen LogP contribution in [-0.4, -0.2) is 22.0 Å². The van der Waals surface area contributed by atoms with Crippen molar-refractivity contribution in [1.29, 1.82) is 0 Å². The van der Waals surface area contributed by atoms with E-state index in [0.29, 0.717) is 10.6 Å². The fourth-order valence-corrected chi connectivity index (χ4v) is 2.53. The number of carbonyl (C=O) groups excluding carboxylic acids is 1. The Morgan fingerprint density at radius 2 is 1.79 bits per heavy atom. The third kappa shape index (κ3) is 4.91. The van der Waals surface area contributed by atoms with Gasteiger partial charge in [-0.05, 0) is 46.8 Å². The monoisotopic (exact) mass is 360 g/mol. The molecule has 1 amide bonds. The highest BCUT2D eigenvalue weighted by Crippen LogP contribution is 2.21. The number of halogens is 1. The van der Waals surface area contributed by atoms with Gasteiger partial charge >= 0.3 is 5.97 Å². The fourth-order valence-electron chi connectivity index (χ4n) is 1.77. The second-order valence-electron chi connectivity index (χ2n) is 4.62. The Labute approximate surface area is 147 Å². The maximum atomic E-state index is 11.0. The highest BCUT2D eigenvalue weighted by molar-refractivity contribution is 7.08. The highest BCUT2D eigenvalue weighted by atomic mass is 35.5. The number of primary amides is 1. The number of carboxylic acid groups (broad SMARTS) is 1. The van der Waals surface area contributed by atoms with Crippen LogP contribution in [-0.2, 0) is 0 Å². The van der Waals surface area contributed by atoms with Crippen molar-refractivity contribution >= 4 is 34.8 Å². The zero-order chi connectivity index (χ0) is 17.5. The van der Waals surface area contributed by atoms with Gasteiger partial charge in [-0.2, -0.15) is 11.3 Å². The molecule has 0 saturated carbocycles. The van der Waals surface area contributed by atoms with Gasteiger partial charge in [0.15, 0.2) is 0 Å². The van der Waals surface area contributed by atoms with Crippen LogP contribution >= 0.6 is 22.9 Å². The Balaban J connectivity index is 0.000000219. The Morgan fingerprint density at radius 1 is 1.08 bits per heavy atom. The summed E-state index contributed by atoms with van der Waals surface area (Å²) in [5, 5.41) is 12.3. The van der Waals surface area contributed by atoms with E-state index in [2.05, 4.69) is 4.98 Å². The number of benzene rings is 1. The molecule has 0 fully saturated rings. The van der Waals surface area contributed by atoms with Crippen LogP contribution in [0.5, 0.6) is 0 Å². The van der Waals surface area contributed by atoms with Crippen LogP contribution in [0.15, 0.2) is 59.4 Å². The van der Waals surface area contributed by atoms with E-state index in [1.165, 1.54) is 11.3 Å². The van der Waals surface area contributed by atoms with E-state index in [-0.39, 0.29) is 5.69 Å². The van der Waals surface area contributed by atoms with Gasteiger partial charge in [-0.1, -0.05) is 23.7 Å². The smallest absolute Gasteiger partial charge is 0.336 e. The first kappa shape index (κ1) is 17.7. The average molecular weight is 361 g/mol. The lowest BCUT2D eigenvalue weighted by Crippen LogP contribution is -2.12. The molecule has 0 radical (unpaired) electrons. The van der Waals surface area contributed by atoms with Crippen molar-refractivity contribution in [3.8, 4) is 11.1 Å². The molecule has 0 bridgehead atoms. The van der Waals surface area contributed by atoms with Crippen molar-refractivity contribution in [3.05, 3.63) is 75.7 Å². The summed E-state index contributed by atoms with van der Waals surface area (Å²) in [5.74, 6) is -1.39. The van der Waals surface area contributed by atoms with Gasteiger partial charge in [0.25, 0.3) is 5.91 Å². The van der Waals surface area contributed by atoms with Gasteiger partial charge in [-0.15, -0.1) is 0 Å². The molecule has 2 aromatic heterocycles. The van der Waals surface area contributed by atoms with Gasteiger partial charge in [0.1, 0.15) is 5.69 Å². The zero-order valence-electron chi connectivity index (χ0n) is 12.3. The maximum absolute atomic E-state index is 11.0. The van der Waals surface area contributed by atoms with Crippen molar-refractivity contribution < 1.29 is 14.7 Å². The van der Waals surface area contributed by atoms with E-state index in [9.17, 15) is 9.59 Å². The lowest BCUT2D eigenvalue weighted by Gasteiger charge is -2.02. The first-order valence-electron chi connectivity index (χ1n) is 6.74. The number of rotatable bonds is 3. The molecule has 7 heteroatoms. The third-order valence-electron chi connectivity index (χ3n) is 2.96. The molecule has 24 heavy (non-hydrogen) atoms. The molecule has 3 N–H and O–H groups in total. The molecule has 0 unspecified atom stereocenters. The topological polar surface area (TPSA) is 93.3 Å². The molecular formula is C17H13ClN2O3S. The van der Waals surface area contributed by atoms with Gasteiger partial charge in [0, 0.05) is 16.6 Å². The Kier molecular flexibility index (Phi) is 6.06. The van der Waals surface area contributed by atoms with Gasteiger partial charge in [-0.3, -0.25) is 9.78 Å². The normalized spacial score (nSPS) is 9.71. The lowest BCUT2D eigenvalue weighted by molar-refractivity contribution is 0.0697. The van der Waals surface area contributed by atoms with Gasteiger partial charge < -0.3 is 10.8 Å². The molecule has 2 heterocycles. The molecule has 122 valence electrons. The summed E-state index contributed by atoms with van der Waals surface area (Å²) in [5.41, 5.74) is 7.65. The van der Waals surface area contributed by atoms with Crippen molar-refractivity contribution in [2.45, 2.75) is 0 Å². The van der Waals surface area contributed by atoms with Gasteiger partial charge in [-0.25, -0.2) is 4.79 Å². The quantitative estimate of drug-likeness (QED) is 0.739. The number of carbonyl (C=O) groups is 2. The van der Waals surface area contributed by atoms with Crippen LogP contribution < -0.4 is 5.73 Å². The van der Waals surface area contributed by atoms with E-state index >= 15 is 0 Å². The Hall–Kier alpha value is -2.70. The van der Waals surface area contributed by atoms with Crippen molar-refractivity contribution in [3.63, 3.8) is 0 Å². The number of nitrogens with two attached hydrogens (primary N) is 1. The van der Waals surface area contributed by atoms with E-state index in [0.717, 1.165) is 11.1 Å². The molecule has 3 aromatic rings. The SMILES string of the molecule is NC(=O)c1cc(-c2ccc(Cl)cc2)ccn1.O=C(O)c1ccsc1. The third-order valence-corrected chi connectivity index (χ3v) is 3.89. The van der Waals surface area contributed by atoms with E-state index < -0.39 is 11.9 Å². The molecular weight excluding hydrogens is 348 g/mol. The molecule has 3 rings (SSSR count). The number of hydrogen-bond donors (Lipinski definition) is 2. The second-order valence-corrected chi connectivity index (χ2v) is 5.83. The average Bonchev–Trinajstić information content (AvgIpc) is 3.11. The fraction of sp³-hybridized carbons (Fsp3) is 0. The molecule has 0 atom stereocenters. The minimum absolute atomic E-state index is 0.257.